The topological polar surface area (TPSA) is 49.3 Å². The van der Waals surface area contributed by atoms with Gasteiger partial charge in [0.15, 0.2) is 5.96 Å². The number of nitrogens with zero attached hydrogens (tertiary/aromatic N) is 2. The maximum absolute atomic E-state index is 6.35. The second kappa shape index (κ2) is 8.49. The van der Waals surface area contributed by atoms with Gasteiger partial charge >= 0.3 is 0 Å². The van der Waals surface area contributed by atoms with Crippen molar-refractivity contribution in [1.82, 2.24) is 15.6 Å². The summed E-state index contributed by atoms with van der Waals surface area (Å²) in [5.74, 6) is 0.797. The molecule has 0 fully saturated rings. The molecule has 1 aromatic heterocycles. The van der Waals surface area contributed by atoms with E-state index in [0.717, 1.165) is 34.6 Å². The molecule has 0 saturated carbocycles. The highest BCUT2D eigenvalue weighted by molar-refractivity contribution is 7.11. The zero-order chi connectivity index (χ0) is 17.6. The van der Waals surface area contributed by atoms with Gasteiger partial charge in [0.1, 0.15) is 5.01 Å². The van der Waals surface area contributed by atoms with Crippen LogP contribution in [0.15, 0.2) is 35.5 Å². The monoisotopic (exact) mass is 364 g/mol. The first-order valence-electron chi connectivity index (χ1n) is 8.11. The van der Waals surface area contributed by atoms with E-state index in [4.69, 9.17) is 11.6 Å². The molecular weight excluding hydrogens is 340 g/mol. The zero-order valence-corrected chi connectivity index (χ0v) is 16.3. The standard InChI is InChI=1S/C18H25ClN4S/c1-5-20-17(22-11-16-21-10-13(2)24-16)23-12-18(3,4)14-8-6-7-9-15(14)19/h6-10H,5,11-12H2,1-4H3,(H2,20,22,23). The first-order valence-corrected chi connectivity index (χ1v) is 9.30. The molecule has 0 aliphatic carbocycles. The number of rotatable bonds is 6. The number of aryl methyl sites for hydroxylation is 1. The summed E-state index contributed by atoms with van der Waals surface area (Å²) in [7, 11) is 0. The van der Waals surface area contributed by atoms with E-state index >= 15 is 0 Å². The van der Waals surface area contributed by atoms with E-state index in [1.165, 1.54) is 4.88 Å². The first kappa shape index (κ1) is 18.7. The quantitative estimate of drug-likeness (QED) is 0.598. The molecule has 0 aliphatic heterocycles. The van der Waals surface area contributed by atoms with Crippen LogP contribution < -0.4 is 10.6 Å². The van der Waals surface area contributed by atoms with E-state index < -0.39 is 0 Å². The molecule has 2 aromatic rings. The fourth-order valence-electron chi connectivity index (χ4n) is 2.37. The van der Waals surface area contributed by atoms with E-state index in [-0.39, 0.29) is 5.41 Å². The molecule has 4 nitrogen and oxygen atoms in total. The Labute approximate surface area is 153 Å². The number of nitrogens with one attached hydrogen (secondary N) is 2. The Morgan fingerprint density at radius 2 is 2.04 bits per heavy atom. The molecule has 0 saturated heterocycles. The van der Waals surface area contributed by atoms with Crippen molar-refractivity contribution in [2.45, 2.75) is 39.7 Å². The van der Waals surface area contributed by atoms with Crippen molar-refractivity contribution in [3.05, 3.63) is 50.9 Å². The Balaban J connectivity index is 2.03. The molecule has 0 amide bonds. The maximum Gasteiger partial charge on any atom is 0.191 e. The summed E-state index contributed by atoms with van der Waals surface area (Å²) < 4.78 is 0. The number of benzene rings is 1. The van der Waals surface area contributed by atoms with Crippen molar-refractivity contribution >= 4 is 28.9 Å². The number of aromatic nitrogens is 1. The molecule has 130 valence electrons. The van der Waals surface area contributed by atoms with Crippen molar-refractivity contribution in [2.24, 2.45) is 4.99 Å². The Morgan fingerprint density at radius 3 is 2.67 bits per heavy atom. The highest BCUT2D eigenvalue weighted by atomic mass is 35.5. The van der Waals surface area contributed by atoms with Crippen LogP contribution in [0.4, 0.5) is 0 Å². The second-order valence-corrected chi connectivity index (χ2v) is 8.00. The average molecular weight is 365 g/mol. The van der Waals surface area contributed by atoms with Crippen molar-refractivity contribution in [3.63, 3.8) is 0 Å². The molecule has 1 aromatic carbocycles. The van der Waals surface area contributed by atoms with Gasteiger partial charge in [-0.15, -0.1) is 11.3 Å². The number of guanidine groups is 1. The van der Waals surface area contributed by atoms with Crippen molar-refractivity contribution in [3.8, 4) is 0 Å². The molecule has 1 heterocycles. The van der Waals surface area contributed by atoms with E-state index in [1.54, 1.807) is 11.3 Å². The van der Waals surface area contributed by atoms with Crippen molar-refractivity contribution in [2.75, 3.05) is 13.1 Å². The summed E-state index contributed by atoms with van der Waals surface area (Å²) in [5, 5.41) is 8.52. The van der Waals surface area contributed by atoms with E-state index in [1.807, 2.05) is 24.4 Å². The smallest absolute Gasteiger partial charge is 0.191 e. The van der Waals surface area contributed by atoms with Gasteiger partial charge in [-0.3, -0.25) is 0 Å². The number of hydrogen-bond acceptors (Lipinski definition) is 3. The van der Waals surface area contributed by atoms with Crippen LogP contribution in [-0.2, 0) is 12.0 Å². The van der Waals surface area contributed by atoms with Crippen LogP contribution in [0.2, 0.25) is 5.02 Å². The van der Waals surface area contributed by atoms with E-state index in [2.05, 4.69) is 54.4 Å². The predicted molar refractivity (Wildman–Crippen MR) is 104 cm³/mol. The number of aliphatic imine (C=N–C) groups is 1. The van der Waals surface area contributed by atoms with Crippen LogP contribution in [0.25, 0.3) is 0 Å². The summed E-state index contributed by atoms with van der Waals surface area (Å²) >= 11 is 8.03. The Morgan fingerprint density at radius 1 is 1.29 bits per heavy atom. The van der Waals surface area contributed by atoms with Gasteiger partial charge in [-0.1, -0.05) is 43.6 Å². The largest absolute Gasteiger partial charge is 0.357 e. The maximum atomic E-state index is 6.35. The molecule has 6 heteroatoms. The number of thiazole rings is 1. The minimum absolute atomic E-state index is 0.105. The Kier molecular flexibility index (Phi) is 6.63. The molecule has 2 N–H and O–H groups in total. The van der Waals surface area contributed by atoms with Crippen LogP contribution in [0, 0.1) is 6.92 Å². The van der Waals surface area contributed by atoms with Gasteiger partial charge < -0.3 is 10.6 Å². The minimum Gasteiger partial charge on any atom is -0.357 e. The summed E-state index contributed by atoms with van der Waals surface area (Å²) in [5.41, 5.74) is 1.03. The molecule has 0 unspecified atom stereocenters. The Hall–Kier alpha value is -1.59. The molecule has 0 atom stereocenters. The van der Waals surface area contributed by atoms with Gasteiger partial charge in [-0.25, -0.2) is 9.98 Å². The molecule has 0 radical (unpaired) electrons. The highest BCUT2D eigenvalue weighted by Gasteiger charge is 2.23. The van der Waals surface area contributed by atoms with Crippen LogP contribution >= 0.6 is 22.9 Å². The van der Waals surface area contributed by atoms with Gasteiger partial charge in [0, 0.05) is 34.6 Å². The lowest BCUT2D eigenvalue weighted by molar-refractivity contribution is 0.509. The Bertz CT molecular complexity index is 694. The lowest BCUT2D eigenvalue weighted by Crippen LogP contribution is -2.43. The third-order valence-corrected chi connectivity index (χ3v) is 4.91. The molecule has 24 heavy (non-hydrogen) atoms. The predicted octanol–water partition coefficient (Wildman–Crippen LogP) is 4.14. The summed E-state index contributed by atoms with van der Waals surface area (Å²) in [6, 6.07) is 7.99. The third-order valence-electron chi connectivity index (χ3n) is 3.69. The van der Waals surface area contributed by atoms with Gasteiger partial charge in [-0.2, -0.15) is 0 Å². The van der Waals surface area contributed by atoms with Gasteiger partial charge in [0.05, 0.1) is 6.54 Å². The van der Waals surface area contributed by atoms with Gasteiger partial charge in [-0.05, 0) is 25.5 Å². The highest BCUT2D eigenvalue weighted by Crippen LogP contribution is 2.28. The van der Waals surface area contributed by atoms with Gasteiger partial charge in [0.25, 0.3) is 0 Å². The number of hydrogen-bond donors (Lipinski definition) is 2. The van der Waals surface area contributed by atoms with Crippen LogP contribution in [0.3, 0.4) is 0 Å². The van der Waals surface area contributed by atoms with Crippen LogP contribution in [0.5, 0.6) is 0 Å². The van der Waals surface area contributed by atoms with Gasteiger partial charge in [0.2, 0.25) is 0 Å². The number of halogens is 1. The SMILES string of the molecule is CCNC(=NCc1ncc(C)s1)NCC(C)(C)c1ccccc1Cl. The normalized spacial score (nSPS) is 12.3. The first-order chi connectivity index (χ1) is 11.4. The molecular formula is C18H25ClN4S. The fraction of sp³-hybridized carbons (Fsp3) is 0.444. The van der Waals surface area contributed by atoms with Crippen LogP contribution in [0.1, 0.15) is 36.2 Å². The molecule has 0 aliphatic rings. The summed E-state index contributed by atoms with van der Waals surface area (Å²) in [6.07, 6.45) is 1.89. The second-order valence-electron chi connectivity index (χ2n) is 6.28. The molecule has 0 bridgehead atoms. The zero-order valence-electron chi connectivity index (χ0n) is 14.7. The van der Waals surface area contributed by atoms with Crippen LogP contribution in [-0.4, -0.2) is 24.0 Å². The van der Waals surface area contributed by atoms with E-state index in [9.17, 15) is 0 Å². The fourth-order valence-corrected chi connectivity index (χ4v) is 3.48. The summed E-state index contributed by atoms with van der Waals surface area (Å²) in [6.45, 7) is 10.6. The minimum atomic E-state index is -0.105. The summed E-state index contributed by atoms with van der Waals surface area (Å²) in [4.78, 5) is 10.2. The molecule has 2 rings (SSSR count). The lowest BCUT2D eigenvalue weighted by atomic mass is 9.84. The van der Waals surface area contributed by atoms with Crippen molar-refractivity contribution in [1.29, 1.82) is 0 Å². The lowest BCUT2D eigenvalue weighted by Gasteiger charge is -2.27. The van der Waals surface area contributed by atoms with E-state index in [0.29, 0.717) is 6.54 Å². The third kappa shape index (κ3) is 5.21. The average Bonchev–Trinajstić information content (AvgIpc) is 2.96. The van der Waals surface area contributed by atoms with Crippen molar-refractivity contribution < 1.29 is 0 Å². The molecule has 0 spiro atoms.